The number of aliphatic hydroxyl groups is 1. The molecule has 4 bridgehead atoms. The zero-order valence-corrected chi connectivity index (χ0v) is 17.6. The summed E-state index contributed by atoms with van der Waals surface area (Å²) in [6.45, 7) is 4.23. The molecular formula is C24H30ClNO2. The third-order valence-corrected chi connectivity index (χ3v) is 8.03. The summed E-state index contributed by atoms with van der Waals surface area (Å²) in [6, 6.07) is 3.92. The van der Waals surface area contributed by atoms with E-state index in [1.54, 1.807) is 0 Å². The summed E-state index contributed by atoms with van der Waals surface area (Å²) in [7, 11) is 0. The van der Waals surface area contributed by atoms with E-state index in [4.69, 9.17) is 11.6 Å². The van der Waals surface area contributed by atoms with Crippen LogP contribution in [0, 0.1) is 23.2 Å². The van der Waals surface area contributed by atoms with Gasteiger partial charge in [-0.2, -0.15) is 0 Å². The average molecular weight is 400 g/mol. The fourth-order valence-electron chi connectivity index (χ4n) is 6.94. The molecule has 1 aliphatic heterocycles. The van der Waals surface area contributed by atoms with Crippen LogP contribution in [0.5, 0.6) is 0 Å². The first-order valence-electron chi connectivity index (χ1n) is 10.7. The minimum Gasteiger partial charge on any atom is -0.392 e. The molecule has 150 valence electrons. The number of hydrogen-bond donors (Lipinski definition) is 2. The van der Waals surface area contributed by atoms with E-state index in [1.807, 2.05) is 18.2 Å². The first kappa shape index (κ1) is 18.7. The normalized spacial score (nSPS) is 36.3. The van der Waals surface area contributed by atoms with E-state index in [0.29, 0.717) is 10.8 Å². The Balaban J connectivity index is 1.54. The predicted octanol–water partition coefficient (Wildman–Crippen LogP) is 4.88. The van der Waals surface area contributed by atoms with Gasteiger partial charge in [0.25, 0.3) is 0 Å². The molecule has 1 aromatic rings. The number of benzene rings is 1. The van der Waals surface area contributed by atoms with E-state index >= 15 is 0 Å². The largest absolute Gasteiger partial charge is 0.392 e. The van der Waals surface area contributed by atoms with Crippen LogP contribution >= 0.6 is 11.6 Å². The van der Waals surface area contributed by atoms with E-state index in [-0.39, 0.29) is 17.6 Å². The van der Waals surface area contributed by atoms with Gasteiger partial charge in [-0.25, -0.2) is 0 Å². The summed E-state index contributed by atoms with van der Waals surface area (Å²) in [5.41, 5.74) is 3.53. The number of rotatable bonds is 3. The number of aliphatic hydroxyl groups excluding tert-OH is 1. The van der Waals surface area contributed by atoms with Crippen molar-refractivity contribution < 1.29 is 9.90 Å². The molecule has 2 N–H and O–H groups in total. The maximum Gasteiger partial charge on any atom is 0.163 e. The monoisotopic (exact) mass is 399 g/mol. The van der Waals surface area contributed by atoms with Gasteiger partial charge in [0.05, 0.1) is 6.61 Å². The maximum absolute atomic E-state index is 13.6. The van der Waals surface area contributed by atoms with E-state index in [2.05, 4.69) is 19.2 Å². The number of carbonyl (C=O) groups excluding carboxylic acids is 1. The molecule has 0 unspecified atom stereocenters. The first-order valence-corrected chi connectivity index (χ1v) is 11.1. The van der Waals surface area contributed by atoms with Crippen molar-refractivity contribution in [1.82, 2.24) is 5.32 Å². The van der Waals surface area contributed by atoms with E-state index < -0.39 is 0 Å². The lowest BCUT2D eigenvalue weighted by Crippen LogP contribution is -2.50. The van der Waals surface area contributed by atoms with Gasteiger partial charge in [0.15, 0.2) is 5.78 Å². The lowest BCUT2D eigenvalue weighted by atomic mass is 9.48. The van der Waals surface area contributed by atoms with Crippen molar-refractivity contribution in [2.45, 2.75) is 70.9 Å². The highest BCUT2D eigenvalue weighted by Gasteiger charge is 2.54. The summed E-state index contributed by atoms with van der Waals surface area (Å²) in [5.74, 6) is 2.60. The summed E-state index contributed by atoms with van der Waals surface area (Å²) in [5, 5.41) is 13.9. The molecule has 0 atom stereocenters. The van der Waals surface area contributed by atoms with Crippen molar-refractivity contribution in [2.24, 2.45) is 23.2 Å². The molecule has 4 fully saturated rings. The quantitative estimate of drug-likeness (QED) is 0.712. The van der Waals surface area contributed by atoms with Crippen molar-refractivity contribution in [3.05, 3.63) is 39.9 Å². The fourth-order valence-corrected chi connectivity index (χ4v) is 7.19. The van der Waals surface area contributed by atoms with Gasteiger partial charge in [-0.3, -0.25) is 4.79 Å². The molecule has 0 saturated heterocycles. The molecule has 0 spiro atoms. The zero-order chi connectivity index (χ0) is 19.7. The second-order valence-electron chi connectivity index (χ2n) is 10.6. The second kappa shape index (κ2) is 6.34. The van der Waals surface area contributed by atoms with Gasteiger partial charge in [0.1, 0.15) is 0 Å². The summed E-state index contributed by atoms with van der Waals surface area (Å²) < 4.78 is 0. The number of hydrogen-bond acceptors (Lipinski definition) is 3. The van der Waals surface area contributed by atoms with Gasteiger partial charge in [0.2, 0.25) is 0 Å². The Hall–Kier alpha value is -1.32. The molecule has 0 amide bonds. The minimum absolute atomic E-state index is 0.0916. The van der Waals surface area contributed by atoms with Crippen LogP contribution in [0.4, 0.5) is 0 Å². The van der Waals surface area contributed by atoms with Crippen LogP contribution in [0.1, 0.15) is 69.1 Å². The molecule has 6 rings (SSSR count). The van der Waals surface area contributed by atoms with Gasteiger partial charge in [-0.05, 0) is 99.8 Å². The van der Waals surface area contributed by atoms with Gasteiger partial charge < -0.3 is 10.4 Å². The van der Waals surface area contributed by atoms with E-state index in [0.717, 1.165) is 65.8 Å². The third-order valence-electron chi connectivity index (χ3n) is 7.67. The second-order valence-corrected chi connectivity index (χ2v) is 11.0. The number of fused-ring (bicyclic) bond motifs is 1. The summed E-state index contributed by atoms with van der Waals surface area (Å²) in [6.07, 6.45) is 10.0. The highest BCUT2D eigenvalue weighted by Crippen LogP contribution is 2.60. The maximum atomic E-state index is 13.6. The molecule has 28 heavy (non-hydrogen) atoms. The number of halogens is 1. The Kier molecular flexibility index (Phi) is 4.23. The van der Waals surface area contributed by atoms with Gasteiger partial charge in [-0.15, -0.1) is 0 Å². The summed E-state index contributed by atoms with van der Waals surface area (Å²) >= 11 is 6.35. The Morgan fingerprint density at radius 3 is 2.36 bits per heavy atom. The topological polar surface area (TPSA) is 49.3 Å². The fraction of sp³-hybridized carbons (Fsp3) is 0.625. The number of allylic oxidation sites excluding steroid dienone is 1. The van der Waals surface area contributed by atoms with Crippen LogP contribution in [0.3, 0.4) is 0 Å². The Morgan fingerprint density at radius 1 is 1.18 bits per heavy atom. The molecule has 1 aromatic carbocycles. The Morgan fingerprint density at radius 2 is 1.79 bits per heavy atom. The summed E-state index contributed by atoms with van der Waals surface area (Å²) in [4.78, 5) is 13.6. The van der Waals surface area contributed by atoms with Crippen molar-refractivity contribution in [3.63, 3.8) is 0 Å². The van der Waals surface area contributed by atoms with Crippen LogP contribution in [-0.2, 0) is 17.8 Å². The van der Waals surface area contributed by atoms with Gasteiger partial charge in [-0.1, -0.05) is 11.6 Å². The Labute approximate surface area is 172 Å². The lowest BCUT2D eigenvalue weighted by molar-refractivity contribution is -0.138. The highest BCUT2D eigenvalue weighted by atomic mass is 35.5. The number of ketones is 1. The first-order chi connectivity index (χ1) is 13.3. The van der Waals surface area contributed by atoms with Crippen molar-refractivity contribution >= 4 is 23.1 Å². The lowest BCUT2D eigenvalue weighted by Gasteiger charge is -2.55. The Bertz CT molecular complexity index is 834. The standard InChI is InChI=1S/C24H30ClNO2/c1-23(2)12-17-7-20(25)18(13-27)6-19(17)21(26-23)8-22(28)24-9-14-3-15(10-24)5-16(4-14)11-24/h6-8,14-16,26-27H,3-5,9-13H2,1-2H3/b21-8+. The number of carbonyl (C=O) groups is 1. The molecular weight excluding hydrogens is 370 g/mol. The number of nitrogens with one attached hydrogen (secondary N) is 1. The zero-order valence-electron chi connectivity index (χ0n) is 16.9. The van der Waals surface area contributed by atoms with Crippen molar-refractivity contribution in [3.8, 4) is 0 Å². The average Bonchev–Trinajstić information content (AvgIpc) is 2.59. The van der Waals surface area contributed by atoms with E-state index in [9.17, 15) is 9.90 Å². The molecule has 0 aromatic heterocycles. The molecule has 0 radical (unpaired) electrons. The molecule has 4 aliphatic carbocycles. The van der Waals surface area contributed by atoms with Crippen LogP contribution in [-0.4, -0.2) is 16.4 Å². The van der Waals surface area contributed by atoms with Gasteiger partial charge in [0, 0.05) is 33.3 Å². The SMILES string of the molecule is CC1(C)Cc2cc(Cl)c(CO)cc2/C(=C\C(=O)C23CC4CC(CC(C4)C2)C3)N1. The molecule has 4 heteroatoms. The van der Waals surface area contributed by atoms with Crippen LogP contribution in [0.15, 0.2) is 18.2 Å². The van der Waals surface area contributed by atoms with Gasteiger partial charge >= 0.3 is 0 Å². The minimum atomic E-state index is -0.134. The van der Waals surface area contributed by atoms with Crippen LogP contribution in [0.25, 0.3) is 5.70 Å². The van der Waals surface area contributed by atoms with Crippen LogP contribution in [0.2, 0.25) is 5.02 Å². The molecule has 3 nitrogen and oxygen atoms in total. The third kappa shape index (κ3) is 3.02. The van der Waals surface area contributed by atoms with Crippen LogP contribution < -0.4 is 5.32 Å². The highest BCUT2D eigenvalue weighted by molar-refractivity contribution is 6.31. The molecule has 4 saturated carbocycles. The van der Waals surface area contributed by atoms with E-state index in [1.165, 1.54) is 19.3 Å². The van der Waals surface area contributed by atoms with Crippen molar-refractivity contribution in [1.29, 1.82) is 0 Å². The van der Waals surface area contributed by atoms with Crippen molar-refractivity contribution in [2.75, 3.05) is 0 Å². The molecule has 1 heterocycles. The molecule has 5 aliphatic rings. The smallest absolute Gasteiger partial charge is 0.163 e. The predicted molar refractivity (Wildman–Crippen MR) is 112 cm³/mol.